The maximum absolute atomic E-state index is 15.2. The number of likely N-dealkylation sites (N-methyl/N-ethyl adjacent to an activating group) is 1. The Morgan fingerprint density at radius 1 is 1.00 bits per heavy atom. The second-order valence-corrected chi connectivity index (χ2v) is 10.7. The second kappa shape index (κ2) is 11.8. The third-order valence-corrected chi connectivity index (χ3v) is 7.18. The van der Waals surface area contributed by atoms with E-state index in [1.54, 1.807) is 23.1 Å². The third-order valence-electron chi connectivity index (χ3n) is 7.18. The van der Waals surface area contributed by atoms with Crippen LogP contribution in [0.3, 0.4) is 0 Å². The number of nitrogens with one attached hydrogen (secondary N) is 1. The van der Waals surface area contributed by atoms with Crippen LogP contribution in [0, 0.1) is 17.5 Å². The molecule has 0 spiro atoms. The average Bonchev–Trinajstić information content (AvgIpc) is 2.93. The first kappa shape index (κ1) is 28.5. The molecule has 2 aliphatic rings. The van der Waals surface area contributed by atoms with E-state index in [2.05, 4.69) is 15.3 Å². The Kier molecular flexibility index (Phi) is 8.20. The topological polar surface area (TPSA) is 77.1 Å². The molecule has 0 saturated carbocycles. The standard InChI is InChI=1S/C29H34F3N7O2/c1-18(2)39-11-12-41-28-22(31)13-19(14-25(28)39)27-23(32)16-33-29(35-27)34-20-5-6-24(21(30)15-20)37-7-9-38(10-8-37)26(40)17-36(3)4/h5-6,13-16,18H,7-12,17H2,1-4H3,(H,33,34,35). The van der Waals surface area contributed by atoms with Crippen molar-refractivity contribution >= 4 is 28.9 Å². The van der Waals surface area contributed by atoms with Crippen LogP contribution >= 0.6 is 0 Å². The molecule has 41 heavy (non-hydrogen) atoms. The van der Waals surface area contributed by atoms with Gasteiger partial charge in [-0.3, -0.25) is 4.79 Å². The van der Waals surface area contributed by atoms with E-state index >= 15 is 4.39 Å². The molecule has 5 rings (SSSR count). The van der Waals surface area contributed by atoms with Gasteiger partial charge in [0.1, 0.15) is 18.1 Å². The smallest absolute Gasteiger partial charge is 0.236 e. The van der Waals surface area contributed by atoms with Gasteiger partial charge in [0.15, 0.2) is 17.4 Å². The van der Waals surface area contributed by atoms with Gasteiger partial charge in [-0.05, 0) is 58.3 Å². The van der Waals surface area contributed by atoms with Gasteiger partial charge in [-0.1, -0.05) is 0 Å². The number of hydrogen-bond acceptors (Lipinski definition) is 8. The minimum Gasteiger partial charge on any atom is -0.486 e. The molecule has 1 aromatic heterocycles. The van der Waals surface area contributed by atoms with Gasteiger partial charge in [-0.25, -0.2) is 23.1 Å². The van der Waals surface area contributed by atoms with Crippen LogP contribution in [-0.2, 0) is 4.79 Å². The summed E-state index contributed by atoms with van der Waals surface area (Å²) in [7, 11) is 3.70. The van der Waals surface area contributed by atoms with E-state index in [4.69, 9.17) is 4.74 Å². The zero-order valence-electron chi connectivity index (χ0n) is 23.6. The van der Waals surface area contributed by atoms with Gasteiger partial charge in [0.25, 0.3) is 0 Å². The van der Waals surface area contributed by atoms with Crippen LogP contribution < -0.4 is 19.9 Å². The van der Waals surface area contributed by atoms with Crippen LogP contribution in [0.15, 0.2) is 36.5 Å². The van der Waals surface area contributed by atoms with Gasteiger partial charge >= 0.3 is 0 Å². The van der Waals surface area contributed by atoms with Crippen molar-refractivity contribution in [1.82, 2.24) is 19.8 Å². The molecule has 0 radical (unpaired) electrons. The number of ether oxygens (including phenoxy) is 1. The van der Waals surface area contributed by atoms with E-state index < -0.39 is 17.5 Å². The highest BCUT2D eigenvalue weighted by Gasteiger charge is 2.26. The van der Waals surface area contributed by atoms with E-state index in [1.165, 1.54) is 12.1 Å². The van der Waals surface area contributed by atoms with E-state index in [0.717, 1.165) is 6.20 Å². The number of carbonyl (C=O) groups excluding carboxylic acids is 1. The van der Waals surface area contributed by atoms with Crippen molar-refractivity contribution in [2.45, 2.75) is 19.9 Å². The molecule has 2 aliphatic heterocycles. The Hall–Kier alpha value is -4.06. The number of fused-ring (bicyclic) bond motifs is 1. The minimum atomic E-state index is -0.715. The molecule has 0 aliphatic carbocycles. The van der Waals surface area contributed by atoms with Crippen LogP contribution in [0.5, 0.6) is 5.75 Å². The molecule has 1 fully saturated rings. The normalized spacial score (nSPS) is 15.3. The first-order valence-corrected chi connectivity index (χ1v) is 13.6. The number of rotatable bonds is 7. The fourth-order valence-electron chi connectivity index (χ4n) is 5.14. The number of aromatic nitrogens is 2. The van der Waals surface area contributed by atoms with Crippen molar-refractivity contribution in [1.29, 1.82) is 0 Å². The van der Waals surface area contributed by atoms with Gasteiger partial charge in [0, 0.05) is 43.5 Å². The van der Waals surface area contributed by atoms with Crippen molar-refractivity contribution in [3.8, 4) is 17.0 Å². The quantitative estimate of drug-likeness (QED) is 0.456. The van der Waals surface area contributed by atoms with Crippen molar-refractivity contribution in [3.05, 3.63) is 54.0 Å². The fourth-order valence-corrected chi connectivity index (χ4v) is 5.14. The van der Waals surface area contributed by atoms with Crippen LogP contribution in [-0.4, -0.2) is 91.7 Å². The molecule has 3 aromatic rings. The minimum absolute atomic E-state index is 0.0386. The lowest BCUT2D eigenvalue weighted by Gasteiger charge is -2.36. The summed E-state index contributed by atoms with van der Waals surface area (Å²) in [6.07, 6.45) is 1.00. The number of hydrogen-bond donors (Lipinski definition) is 1. The van der Waals surface area contributed by atoms with Gasteiger partial charge < -0.3 is 29.7 Å². The summed E-state index contributed by atoms with van der Waals surface area (Å²) in [6.45, 7) is 7.33. The predicted molar refractivity (Wildman–Crippen MR) is 152 cm³/mol. The predicted octanol–water partition coefficient (Wildman–Crippen LogP) is 4.12. The van der Waals surface area contributed by atoms with Gasteiger partial charge in [-0.15, -0.1) is 0 Å². The van der Waals surface area contributed by atoms with Crippen LogP contribution in [0.25, 0.3) is 11.3 Å². The van der Waals surface area contributed by atoms with Crippen LogP contribution in [0.2, 0.25) is 0 Å². The van der Waals surface area contributed by atoms with Crippen molar-refractivity contribution < 1.29 is 22.7 Å². The summed E-state index contributed by atoms with van der Waals surface area (Å²) in [5.41, 5.74) is 1.49. The summed E-state index contributed by atoms with van der Waals surface area (Å²) in [6, 6.07) is 7.60. The molecule has 0 atom stereocenters. The Morgan fingerprint density at radius 3 is 2.44 bits per heavy atom. The number of anilines is 4. The molecule has 9 nitrogen and oxygen atoms in total. The zero-order valence-corrected chi connectivity index (χ0v) is 23.6. The monoisotopic (exact) mass is 569 g/mol. The first-order valence-electron chi connectivity index (χ1n) is 13.6. The molecule has 1 N–H and O–H groups in total. The Balaban J connectivity index is 1.32. The lowest BCUT2D eigenvalue weighted by atomic mass is 10.1. The lowest BCUT2D eigenvalue weighted by Crippen LogP contribution is -2.50. The highest BCUT2D eigenvalue weighted by molar-refractivity contribution is 5.78. The molecule has 3 heterocycles. The summed E-state index contributed by atoms with van der Waals surface area (Å²) in [4.78, 5) is 28.1. The number of nitrogens with zero attached hydrogens (tertiary/aromatic N) is 6. The number of carbonyl (C=O) groups is 1. The Bertz CT molecular complexity index is 1430. The highest BCUT2D eigenvalue weighted by atomic mass is 19.1. The first-order chi connectivity index (χ1) is 19.6. The summed E-state index contributed by atoms with van der Waals surface area (Å²) in [5.74, 6) is -1.54. The highest BCUT2D eigenvalue weighted by Crippen LogP contribution is 2.39. The second-order valence-electron chi connectivity index (χ2n) is 10.7. The third kappa shape index (κ3) is 6.17. The van der Waals surface area contributed by atoms with Crippen LogP contribution in [0.1, 0.15) is 13.8 Å². The van der Waals surface area contributed by atoms with E-state index in [0.29, 0.717) is 62.9 Å². The van der Waals surface area contributed by atoms with Gasteiger partial charge in [0.2, 0.25) is 11.9 Å². The molecule has 0 bridgehead atoms. The molecule has 1 saturated heterocycles. The summed E-state index contributed by atoms with van der Waals surface area (Å²) < 4.78 is 50.5. The number of piperazine rings is 1. The zero-order chi connectivity index (χ0) is 29.3. The van der Waals surface area contributed by atoms with Crippen molar-refractivity contribution in [2.75, 3.05) is 75.1 Å². The summed E-state index contributed by atoms with van der Waals surface area (Å²) >= 11 is 0. The largest absolute Gasteiger partial charge is 0.486 e. The number of benzene rings is 2. The van der Waals surface area contributed by atoms with E-state index in [9.17, 15) is 13.6 Å². The lowest BCUT2D eigenvalue weighted by molar-refractivity contribution is -0.132. The molecule has 218 valence electrons. The summed E-state index contributed by atoms with van der Waals surface area (Å²) in [5, 5.41) is 2.92. The maximum Gasteiger partial charge on any atom is 0.236 e. The molecule has 1 amide bonds. The fraction of sp³-hybridized carbons (Fsp3) is 0.414. The van der Waals surface area contributed by atoms with Crippen molar-refractivity contribution in [3.63, 3.8) is 0 Å². The van der Waals surface area contributed by atoms with E-state index in [1.807, 2.05) is 42.6 Å². The SMILES string of the molecule is CC(C)N1CCOc2c(F)cc(-c3nc(Nc4ccc(N5CCN(C(=O)CN(C)C)CC5)c(F)c4)ncc3F)cc21. The van der Waals surface area contributed by atoms with Crippen molar-refractivity contribution in [2.24, 2.45) is 0 Å². The number of amides is 1. The molecule has 2 aromatic carbocycles. The molecular weight excluding hydrogens is 535 g/mol. The average molecular weight is 570 g/mol. The molecule has 0 unspecified atom stereocenters. The van der Waals surface area contributed by atoms with Crippen LogP contribution in [0.4, 0.5) is 36.2 Å². The Morgan fingerprint density at radius 2 is 1.76 bits per heavy atom. The molecule has 12 heteroatoms. The van der Waals surface area contributed by atoms with Gasteiger partial charge in [0.05, 0.1) is 30.7 Å². The van der Waals surface area contributed by atoms with E-state index in [-0.39, 0.29) is 34.9 Å². The maximum atomic E-state index is 15.2. The molecular formula is C29H34F3N7O2. The number of halogens is 3. The van der Waals surface area contributed by atoms with Gasteiger partial charge in [-0.2, -0.15) is 0 Å². The Labute approximate surface area is 237 Å².